The van der Waals surface area contributed by atoms with Gasteiger partial charge in [-0.1, -0.05) is 42.5 Å². The number of carbonyl (C=O) groups excluding carboxylic acids is 1. The molecular weight excluding hydrogens is 288 g/mol. The summed E-state index contributed by atoms with van der Waals surface area (Å²) in [7, 11) is -3.55. The Morgan fingerprint density at radius 3 is 2.29 bits per heavy atom. The molecule has 1 amide bonds. The van der Waals surface area contributed by atoms with Crippen LogP contribution in [0.25, 0.3) is 0 Å². The molecule has 0 atom stereocenters. The first-order chi connectivity index (χ1) is 9.98. The van der Waals surface area contributed by atoms with Crippen LogP contribution in [-0.2, 0) is 16.4 Å². The van der Waals surface area contributed by atoms with Gasteiger partial charge >= 0.3 is 0 Å². The number of hydrogen-bond acceptors (Lipinski definition) is 3. The highest BCUT2D eigenvalue weighted by molar-refractivity contribution is 7.92. The number of hydrogen-bond donors (Lipinski definition) is 2. The molecule has 0 saturated carbocycles. The van der Waals surface area contributed by atoms with Crippen LogP contribution in [0.3, 0.4) is 0 Å². The number of amides is 1. The molecule has 0 saturated heterocycles. The van der Waals surface area contributed by atoms with Gasteiger partial charge in [0.25, 0.3) is 5.91 Å². The van der Waals surface area contributed by atoms with E-state index in [0.29, 0.717) is 6.42 Å². The fraction of sp³-hybridized carbons (Fsp3) is 0.133. The van der Waals surface area contributed by atoms with E-state index >= 15 is 0 Å². The van der Waals surface area contributed by atoms with E-state index in [1.165, 1.54) is 12.1 Å². The molecule has 21 heavy (non-hydrogen) atoms. The molecule has 0 unspecified atom stereocenters. The van der Waals surface area contributed by atoms with Gasteiger partial charge in [0, 0.05) is 0 Å². The highest BCUT2D eigenvalue weighted by Crippen LogP contribution is 2.16. The first-order valence-electron chi connectivity index (χ1n) is 6.41. The normalized spacial score (nSPS) is 11.0. The second kappa shape index (κ2) is 6.41. The highest BCUT2D eigenvalue weighted by atomic mass is 32.2. The van der Waals surface area contributed by atoms with Gasteiger partial charge in [-0.05, 0) is 24.1 Å². The number of carbonyl (C=O) groups is 1. The topological polar surface area (TPSA) is 89.3 Å². The molecule has 0 aromatic heterocycles. The average Bonchev–Trinajstić information content (AvgIpc) is 2.46. The number of nitrogens with two attached hydrogens (primary N) is 1. The molecule has 3 N–H and O–H groups in total. The molecule has 0 heterocycles. The van der Waals surface area contributed by atoms with Gasteiger partial charge in [0.2, 0.25) is 10.0 Å². The Morgan fingerprint density at radius 1 is 1.00 bits per heavy atom. The highest BCUT2D eigenvalue weighted by Gasteiger charge is 2.15. The maximum absolute atomic E-state index is 12.1. The van der Waals surface area contributed by atoms with E-state index in [1.54, 1.807) is 12.1 Å². The molecule has 2 aromatic carbocycles. The van der Waals surface area contributed by atoms with E-state index in [1.807, 2.05) is 30.3 Å². The largest absolute Gasteiger partial charge is 0.366 e. The molecule has 0 aliphatic heterocycles. The van der Waals surface area contributed by atoms with Crippen molar-refractivity contribution in [3.05, 3.63) is 65.7 Å². The van der Waals surface area contributed by atoms with Gasteiger partial charge in [-0.3, -0.25) is 9.52 Å². The van der Waals surface area contributed by atoms with Crippen molar-refractivity contribution < 1.29 is 13.2 Å². The summed E-state index contributed by atoms with van der Waals surface area (Å²) >= 11 is 0. The van der Waals surface area contributed by atoms with Crippen LogP contribution in [0.15, 0.2) is 54.6 Å². The molecule has 6 heteroatoms. The number of sulfonamides is 1. The molecule has 5 nitrogen and oxygen atoms in total. The third-order valence-electron chi connectivity index (χ3n) is 2.96. The smallest absolute Gasteiger partial charge is 0.250 e. The molecule has 0 fully saturated rings. The molecule has 2 aromatic rings. The Kier molecular flexibility index (Phi) is 4.59. The number of primary amides is 1. The van der Waals surface area contributed by atoms with Crippen LogP contribution in [0.1, 0.15) is 15.9 Å². The maximum Gasteiger partial charge on any atom is 0.250 e. The van der Waals surface area contributed by atoms with Crippen molar-refractivity contribution in [3.63, 3.8) is 0 Å². The van der Waals surface area contributed by atoms with Gasteiger partial charge in [0.1, 0.15) is 0 Å². The van der Waals surface area contributed by atoms with Crippen LogP contribution >= 0.6 is 0 Å². The minimum absolute atomic E-state index is 0.0654. The molecule has 110 valence electrons. The monoisotopic (exact) mass is 304 g/mol. The Balaban J connectivity index is 2.10. The lowest BCUT2D eigenvalue weighted by molar-refractivity contribution is 0.100. The van der Waals surface area contributed by atoms with Crippen molar-refractivity contribution >= 4 is 21.6 Å². The van der Waals surface area contributed by atoms with E-state index < -0.39 is 15.9 Å². The minimum Gasteiger partial charge on any atom is -0.366 e. The van der Waals surface area contributed by atoms with Crippen molar-refractivity contribution in [2.75, 3.05) is 10.5 Å². The van der Waals surface area contributed by atoms with Crippen LogP contribution in [0.2, 0.25) is 0 Å². The van der Waals surface area contributed by atoms with Crippen LogP contribution in [0.5, 0.6) is 0 Å². The summed E-state index contributed by atoms with van der Waals surface area (Å²) in [5.74, 6) is -0.735. The molecule has 0 aliphatic rings. The van der Waals surface area contributed by atoms with Gasteiger partial charge in [0.15, 0.2) is 0 Å². The SMILES string of the molecule is NC(=O)c1ccccc1NS(=O)(=O)CCc1ccccc1. The molecule has 2 rings (SSSR count). The van der Waals surface area contributed by atoms with E-state index in [-0.39, 0.29) is 17.0 Å². The Morgan fingerprint density at radius 2 is 1.62 bits per heavy atom. The van der Waals surface area contributed by atoms with E-state index in [9.17, 15) is 13.2 Å². The van der Waals surface area contributed by atoms with Crippen molar-refractivity contribution in [1.82, 2.24) is 0 Å². The Hall–Kier alpha value is -2.34. The number of benzene rings is 2. The van der Waals surface area contributed by atoms with Gasteiger partial charge in [-0.2, -0.15) is 0 Å². The lowest BCUT2D eigenvalue weighted by Gasteiger charge is -2.10. The summed E-state index contributed by atoms with van der Waals surface area (Å²) in [6.45, 7) is 0. The molecule has 0 spiro atoms. The summed E-state index contributed by atoms with van der Waals surface area (Å²) in [6, 6.07) is 15.6. The maximum atomic E-state index is 12.1. The van der Waals surface area contributed by atoms with Crippen LogP contribution in [-0.4, -0.2) is 20.1 Å². The summed E-state index contributed by atoms with van der Waals surface area (Å²) in [5, 5.41) is 0. The van der Waals surface area contributed by atoms with Crippen molar-refractivity contribution in [3.8, 4) is 0 Å². The summed E-state index contributed by atoms with van der Waals surface area (Å²) in [5.41, 5.74) is 6.52. The zero-order valence-electron chi connectivity index (χ0n) is 11.3. The standard InChI is InChI=1S/C15H16N2O3S/c16-15(18)13-8-4-5-9-14(13)17-21(19,20)11-10-12-6-2-1-3-7-12/h1-9,17H,10-11H2,(H2,16,18). The van der Waals surface area contributed by atoms with Crippen LogP contribution in [0, 0.1) is 0 Å². The molecule has 0 bridgehead atoms. The first-order valence-corrected chi connectivity index (χ1v) is 8.06. The second-order valence-electron chi connectivity index (χ2n) is 4.57. The molecule has 0 aliphatic carbocycles. The Bertz CT molecular complexity index is 728. The molecule has 0 radical (unpaired) electrons. The first kappa shape index (κ1) is 15.1. The third-order valence-corrected chi connectivity index (χ3v) is 4.23. The summed E-state index contributed by atoms with van der Waals surface area (Å²) in [4.78, 5) is 11.3. The third kappa shape index (κ3) is 4.32. The van der Waals surface area contributed by atoms with Gasteiger partial charge in [-0.15, -0.1) is 0 Å². The second-order valence-corrected chi connectivity index (χ2v) is 6.41. The summed E-state index contributed by atoms with van der Waals surface area (Å²) in [6.07, 6.45) is 0.398. The Labute approximate surface area is 123 Å². The number of aryl methyl sites for hydroxylation is 1. The van der Waals surface area contributed by atoms with E-state index in [0.717, 1.165) is 5.56 Å². The number of rotatable bonds is 6. The zero-order chi connectivity index (χ0) is 15.3. The van der Waals surface area contributed by atoms with Gasteiger partial charge < -0.3 is 5.73 Å². The van der Waals surface area contributed by atoms with Crippen molar-refractivity contribution in [2.24, 2.45) is 5.73 Å². The fourth-order valence-electron chi connectivity index (χ4n) is 1.90. The molecular formula is C15H16N2O3S. The quantitative estimate of drug-likeness (QED) is 0.852. The van der Waals surface area contributed by atoms with Crippen molar-refractivity contribution in [2.45, 2.75) is 6.42 Å². The van der Waals surface area contributed by atoms with E-state index in [4.69, 9.17) is 5.73 Å². The number of nitrogens with one attached hydrogen (secondary N) is 1. The number of para-hydroxylation sites is 1. The number of anilines is 1. The van der Waals surface area contributed by atoms with Gasteiger partial charge in [-0.25, -0.2) is 8.42 Å². The lowest BCUT2D eigenvalue weighted by Crippen LogP contribution is -2.21. The van der Waals surface area contributed by atoms with Crippen LogP contribution in [0.4, 0.5) is 5.69 Å². The van der Waals surface area contributed by atoms with E-state index in [2.05, 4.69) is 4.72 Å². The predicted octanol–water partition coefficient (Wildman–Crippen LogP) is 1.77. The minimum atomic E-state index is -3.55. The lowest BCUT2D eigenvalue weighted by atomic mass is 10.2. The van der Waals surface area contributed by atoms with Crippen molar-refractivity contribution in [1.29, 1.82) is 0 Å². The predicted molar refractivity (Wildman–Crippen MR) is 82.5 cm³/mol. The van der Waals surface area contributed by atoms with Gasteiger partial charge in [0.05, 0.1) is 17.0 Å². The van der Waals surface area contributed by atoms with Crippen LogP contribution < -0.4 is 10.5 Å². The fourth-order valence-corrected chi connectivity index (χ4v) is 3.02. The zero-order valence-corrected chi connectivity index (χ0v) is 12.1. The average molecular weight is 304 g/mol. The summed E-state index contributed by atoms with van der Waals surface area (Å²) < 4.78 is 26.6.